The molecule has 0 saturated carbocycles. The van der Waals surface area contributed by atoms with Crippen LogP contribution in [0.2, 0.25) is 0 Å². The average Bonchev–Trinajstić information content (AvgIpc) is 3.06. The fourth-order valence-electron chi connectivity index (χ4n) is 4.58. The second-order valence-electron chi connectivity index (χ2n) is 10.3. The van der Waals surface area contributed by atoms with Gasteiger partial charge in [-0.15, -0.1) is 0 Å². The number of hydrogen-bond acceptors (Lipinski definition) is 2. The maximum atomic E-state index is 13.7. The highest BCUT2D eigenvalue weighted by Gasteiger charge is 2.28. The van der Waals surface area contributed by atoms with Crippen molar-refractivity contribution in [2.45, 2.75) is 90.0 Å². The van der Waals surface area contributed by atoms with Crippen LogP contribution in [0.15, 0.2) is 47.5 Å². The van der Waals surface area contributed by atoms with Gasteiger partial charge in [0.05, 0.1) is 4.90 Å². The van der Waals surface area contributed by atoms with Crippen LogP contribution in [-0.2, 0) is 23.5 Å². The molecule has 0 fully saturated rings. The third-order valence-corrected chi connectivity index (χ3v) is 8.25. The molecular formula is C28H40N2O2S. The van der Waals surface area contributed by atoms with Crippen molar-refractivity contribution in [3.8, 4) is 0 Å². The fraction of sp³-hybridized carbons (Fsp3) is 0.500. The topological polar surface area (TPSA) is 51.1 Å². The summed E-state index contributed by atoms with van der Waals surface area (Å²) in [5, 5.41) is 1.24. The number of sulfonamides is 1. The largest absolute Gasteiger partial charge is 0.350 e. The average molecular weight is 469 g/mol. The molecule has 0 saturated heterocycles. The molecule has 33 heavy (non-hydrogen) atoms. The summed E-state index contributed by atoms with van der Waals surface area (Å²) in [6, 6.07) is 12.4. The summed E-state index contributed by atoms with van der Waals surface area (Å²) >= 11 is 0. The number of aromatic nitrogens is 1. The molecule has 2 aromatic carbocycles. The molecule has 0 radical (unpaired) electrons. The van der Waals surface area contributed by atoms with Gasteiger partial charge < -0.3 is 4.57 Å². The normalized spacial score (nSPS) is 13.5. The quantitative estimate of drug-likeness (QED) is 0.373. The molecule has 4 nitrogen and oxygen atoms in total. The van der Waals surface area contributed by atoms with E-state index in [9.17, 15) is 8.42 Å². The fourth-order valence-corrected chi connectivity index (χ4v) is 6.55. The van der Waals surface area contributed by atoms with E-state index in [1.165, 1.54) is 22.0 Å². The molecule has 1 heterocycles. The van der Waals surface area contributed by atoms with E-state index in [1.54, 1.807) is 0 Å². The molecule has 0 amide bonds. The summed E-state index contributed by atoms with van der Waals surface area (Å²) < 4.78 is 32.5. The van der Waals surface area contributed by atoms with Crippen LogP contribution < -0.4 is 4.72 Å². The summed E-state index contributed by atoms with van der Waals surface area (Å²) in [5.41, 5.74) is 5.49. The second-order valence-corrected chi connectivity index (χ2v) is 12.0. The first-order valence-corrected chi connectivity index (χ1v) is 13.6. The van der Waals surface area contributed by atoms with E-state index >= 15 is 0 Å². The second kappa shape index (κ2) is 10.0. The van der Waals surface area contributed by atoms with Crippen molar-refractivity contribution in [3.05, 3.63) is 64.8 Å². The molecule has 3 aromatic rings. The molecule has 3 rings (SSSR count). The number of nitrogens with zero attached hydrogens (tertiary/aromatic N) is 1. The van der Waals surface area contributed by atoms with Crippen molar-refractivity contribution in [2.75, 3.05) is 0 Å². The molecule has 1 aromatic heterocycles. The molecule has 0 aliphatic rings. The Hall–Kier alpha value is -2.11. The van der Waals surface area contributed by atoms with Crippen LogP contribution in [0.3, 0.4) is 0 Å². The summed E-state index contributed by atoms with van der Waals surface area (Å²) in [6.07, 6.45) is 3.72. The van der Waals surface area contributed by atoms with Crippen LogP contribution in [0, 0.1) is 0 Å². The maximum Gasteiger partial charge on any atom is 0.241 e. The van der Waals surface area contributed by atoms with E-state index in [1.807, 2.05) is 13.0 Å². The van der Waals surface area contributed by atoms with Crippen molar-refractivity contribution in [1.29, 1.82) is 0 Å². The van der Waals surface area contributed by atoms with E-state index in [0.717, 1.165) is 24.0 Å². The SMILES string of the molecule is CC(C)c1cc(C(C)C)c(S(=O)(=O)N[C@@H](C)CCc2cn(C)c3ccccc23)c(C(C)C)c1. The number of fused-ring (bicyclic) bond motifs is 1. The predicted molar refractivity (Wildman–Crippen MR) is 140 cm³/mol. The van der Waals surface area contributed by atoms with Crippen molar-refractivity contribution >= 4 is 20.9 Å². The minimum absolute atomic E-state index is 0.124. The molecule has 180 valence electrons. The van der Waals surface area contributed by atoms with Gasteiger partial charge in [0.15, 0.2) is 0 Å². The monoisotopic (exact) mass is 468 g/mol. The van der Waals surface area contributed by atoms with E-state index in [0.29, 0.717) is 10.8 Å². The highest BCUT2D eigenvalue weighted by Crippen LogP contribution is 2.35. The minimum atomic E-state index is -3.65. The number of para-hydroxylation sites is 1. The van der Waals surface area contributed by atoms with Crippen molar-refractivity contribution < 1.29 is 8.42 Å². The van der Waals surface area contributed by atoms with Crippen molar-refractivity contribution in [2.24, 2.45) is 7.05 Å². The third-order valence-electron chi connectivity index (χ3n) is 6.53. The van der Waals surface area contributed by atoms with E-state index in [4.69, 9.17) is 0 Å². The maximum absolute atomic E-state index is 13.7. The highest BCUT2D eigenvalue weighted by atomic mass is 32.2. The molecule has 0 spiro atoms. The van der Waals surface area contributed by atoms with Gasteiger partial charge in [-0.05, 0) is 65.8 Å². The van der Waals surface area contributed by atoms with Crippen LogP contribution >= 0.6 is 0 Å². The van der Waals surface area contributed by atoms with Crippen LogP contribution in [0.25, 0.3) is 10.9 Å². The lowest BCUT2D eigenvalue weighted by molar-refractivity contribution is 0.543. The third kappa shape index (κ3) is 5.52. The van der Waals surface area contributed by atoms with Crippen molar-refractivity contribution in [1.82, 2.24) is 9.29 Å². The van der Waals surface area contributed by atoms with Gasteiger partial charge >= 0.3 is 0 Å². The molecular weight excluding hydrogens is 428 g/mol. The Labute approximate surface area is 200 Å². The Bertz CT molecular complexity index is 1190. The number of aryl methyl sites for hydroxylation is 2. The molecule has 1 N–H and O–H groups in total. The van der Waals surface area contributed by atoms with Gasteiger partial charge in [-0.3, -0.25) is 0 Å². The summed E-state index contributed by atoms with van der Waals surface area (Å²) in [4.78, 5) is 0.480. The molecule has 5 heteroatoms. The van der Waals surface area contributed by atoms with Crippen LogP contribution in [0.4, 0.5) is 0 Å². The van der Waals surface area contributed by atoms with Crippen LogP contribution in [0.1, 0.15) is 94.9 Å². The Morgan fingerprint density at radius 3 is 2.00 bits per heavy atom. The van der Waals surface area contributed by atoms with Gasteiger partial charge in [0.25, 0.3) is 0 Å². The zero-order valence-electron chi connectivity index (χ0n) is 21.4. The summed E-state index contributed by atoms with van der Waals surface area (Å²) in [7, 11) is -1.59. The summed E-state index contributed by atoms with van der Waals surface area (Å²) in [6.45, 7) is 14.6. The number of benzene rings is 2. The van der Waals surface area contributed by atoms with E-state index in [2.05, 4.69) is 94.4 Å². The Morgan fingerprint density at radius 1 is 0.879 bits per heavy atom. The first-order valence-electron chi connectivity index (χ1n) is 12.1. The van der Waals surface area contributed by atoms with E-state index in [-0.39, 0.29) is 17.9 Å². The lowest BCUT2D eigenvalue weighted by Crippen LogP contribution is -2.34. The van der Waals surface area contributed by atoms with E-state index < -0.39 is 10.0 Å². The summed E-state index contributed by atoms with van der Waals surface area (Å²) in [5.74, 6) is 0.599. The smallest absolute Gasteiger partial charge is 0.241 e. The van der Waals surface area contributed by atoms with Gasteiger partial charge in [-0.2, -0.15) is 0 Å². The van der Waals surface area contributed by atoms with Gasteiger partial charge in [0, 0.05) is 30.2 Å². The van der Waals surface area contributed by atoms with Gasteiger partial charge in [-0.25, -0.2) is 13.1 Å². The first kappa shape index (κ1) is 25.5. The molecule has 0 aliphatic heterocycles. The number of nitrogens with one attached hydrogen (secondary N) is 1. The molecule has 0 bridgehead atoms. The van der Waals surface area contributed by atoms with Crippen molar-refractivity contribution in [3.63, 3.8) is 0 Å². The van der Waals surface area contributed by atoms with Crippen LogP contribution in [0.5, 0.6) is 0 Å². The number of hydrogen-bond donors (Lipinski definition) is 1. The Kier molecular flexibility index (Phi) is 7.75. The predicted octanol–water partition coefficient (Wildman–Crippen LogP) is 6.85. The zero-order valence-corrected chi connectivity index (χ0v) is 22.3. The lowest BCUT2D eigenvalue weighted by Gasteiger charge is -2.24. The standard InChI is InChI=1S/C28H40N2O2S/c1-18(2)23-15-25(19(3)4)28(26(16-23)20(5)6)33(31,32)29-21(7)13-14-22-17-30(8)27-12-10-9-11-24(22)27/h9-12,15-21,29H,13-14H2,1-8H3/t21-/m0/s1. The minimum Gasteiger partial charge on any atom is -0.350 e. The first-order chi connectivity index (χ1) is 15.4. The van der Waals surface area contributed by atoms with Gasteiger partial charge in [0.2, 0.25) is 10.0 Å². The Morgan fingerprint density at radius 2 is 1.45 bits per heavy atom. The van der Waals surface area contributed by atoms with Gasteiger partial charge in [-0.1, -0.05) is 71.9 Å². The van der Waals surface area contributed by atoms with Crippen LogP contribution in [-0.4, -0.2) is 19.0 Å². The molecule has 0 unspecified atom stereocenters. The molecule has 1 atom stereocenters. The lowest BCUT2D eigenvalue weighted by atomic mass is 9.89. The van der Waals surface area contributed by atoms with Gasteiger partial charge in [0.1, 0.15) is 0 Å². The zero-order chi connectivity index (χ0) is 24.5. The highest BCUT2D eigenvalue weighted by molar-refractivity contribution is 7.89. The Balaban J connectivity index is 1.89. The molecule has 0 aliphatic carbocycles. The number of rotatable bonds is 9.